The number of nitrogens with one attached hydrogen (secondary N) is 1. The molecule has 0 aliphatic rings. The average molecular weight is 314 g/mol. The molecule has 0 unspecified atom stereocenters. The summed E-state index contributed by atoms with van der Waals surface area (Å²) in [7, 11) is 1.68. The van der Waals surface area contributed by atoms with Gasteiger partial charge in [0, 0.05) is 19.4 Å². The average Bonchev–Trinajstić information content (AvgIpc) is 2.94. The van der Waals surface area contributed by atoms with Gasteiger partial charge in [0.15, 0.2) is 0 Å². The first kappa shape index (κ1) is 15.7. The molecule has 0 bridgehead atoms. The SMILES string of the molecule is Cc1nn(C)cc1C(=O)N/N=C\c1ccn(CC(F)(F)F)n1. The summed E-state index contributed by atoms with van der Waals surface area (Å²) in [6, 6.07) is 1.36. The molecule has 2 aromatic heterocycles. The van der Waals surface area contributed by atoms with Gasteiger partial charge in [0.25, 0.3) is 5.91 Å². The zero-order valence-corrected chi connectivity index (χ0v) is 11.8. The second-order valence-electron chi connectivity index (χ2n) is 4.55. The number of aryl methyl sites for hydroxylation is 2. The summed E-state index contributed by atoms with van der Waals surface area (Å²) >= 11 is 0. The zero-order valence-electron chi connectivity index (χ0n) is 11.8. The maximum Gasteiger partial charge on any atom is 0.408 e. The van der Waals surface area contributed by atoms with Gasteiger partial charge in [0.1, 0.15) is 12.2 Å². The highest BCUT2D eigenvalue weighted by atomic mass is 19.4. The lowest BCUT2D eigenvalue weighted by Gasteiger charge is -2.04. The predicted octanol–water partition coefficient (Wildman–Crippen LogP) is 1.25. The Morgan fingerprint density at radius 3 is 2.77 bits per heavy atom. The van der Waals surface area contributed by atoms with E-state index in [0.717, 1.165) is 10.9 Å². The summed E-state index contributed by atoms with van der Waals surface area (Å²) < 4.78 is 38.8. The first-order valence-electron chi connectivity index (χ1n) is 6.18. The van der Waals surface area contributed by atoms with Crippen molar-refractivity contribution in [1.29, 1.82) is 0 Å². The van der Waals surface area contributed by atoms with Gasteiger partial charge in [-0.25, -0.2) is 5.43 Å². The Morgan fingerprint density at radius 2 is 2.18 bits per heavy atom. The van der Waals surface area contributed by atoms with Crippen LogP contribution in [-0.2, 0) is 13.6 Å². The molecule has 7 nitrogen and oxygen atoms in total. The van der Waals surface area contributed by atoms with Crippen LogP contribution in [0.25, 0.3) is 0 Å². The summed E-state index contributed by atoms with van der Waals surface area (Å²) in [4.78, 5) is 11.8. The molecule has 0 radical (unpaired) electrons. The van der Waals surface area contributed by atoms with Crippen molar-refractivity contribution in [3.05, 3.63) is 35.4 Å². The first-order chi connectivity index (χ1) is 10.2. The highest BCUT2D eigenvalue weighted by Gasteiger charge is 2.28. The molecule has 0 fully saturated rings. The van der Waals surface area contributed by atoms with Crippen molar-refractivity contribution in [3.8, 4) is 0 Å². The minimum atomic E-state index is -4.34. The van der Waals surface area contributed by atoms with E-state index in [1.807, 2.05) is 0 Å². The van der Waals surface area contributed by atoms with Crippen LogP contribution in [0.2, 0.25) is 0 Å². The number of rotatable bonds is 4. The van der Waals surface area contributed by atoms with Crippen LogP contribution in [0.15, 0.2) is 23.6 Å². The molecular formula is C12H13F3N6O. The summed E-state index contributed by atoms with van der Waals surface area (Å²) in [5, 5.41) is 11.3. The van der Waals surface area contributed by atoms with Crippen molar-refractivity contribution < 1.29 is 18.0 Å². The molecule has 1 amide bonds. The molecule has 0 saturated carbocycles. The van der Waals surface area contributed by atoms with Gasteiger partial charge in [-0.1, -0.05) is 0 Å². The summed E-state index contributed by atoms with van der Waals surface area (Å²) in [6.45, 7) is 0.500. The number of hydrogen-bond donors (Lipinski definition) is 1. The lowest BCUT2D eigenvalue weighted by Crippen LogP contribution is -2.19. The van der Waals surface area contributed by atoms with E-state index in [-0.39, 0.29) is 5.69 Å². The van der Waals surface area contributed by atoms with Crippen molar-refractivity contribution >= 4 is 12.1 Å². The molecule has 2 heterocycles. The summed E-state index contributed by atoms with van der Waals surface area (Å²) in [5.74, 6) is -0.462. The van der Waals surface area contributed by atoms with Crippen molar-refractivity contribution in [3.63, 3.8) is 0 Å². The van der Waals surface area contributed by atoms with Gasteiger partial charge >= 0.3 is 6.18 Å². The molecular weight excluding hydrogens is 301 g/mol. The van der Waals surface area contributed by atoms with Crippen molar-refractivity contribution in [2.24, 2.45) is 12.1 Å². The first-order valence-corrected chi connectivity index (χ1v) is 6.18. The molecule has 10 heteroatoms. The Morgan fingerprint density at radius 1 is 1.45 bits per heavy atom. The molecule has 2 rings (SSSR count). The minimum Gasteiger partial charge on any atom is -0.275 e. The van der Waals surface area contributed by atoms with E-state index >= 15 is 0 Å². The minimum absolute atomic E-state index is 0.201. The quantitative estimate of drug-likeness (QED) is 0.681. The van der Waals surface area contributed by atoms with Crippen LogP contribution >= 0.6 is 0 Å². The fraction of sp³-hybridized carbons (Fsp3) is 0.333. The van der Waals surface area contributed by atoms with Gasteiger partial charge in [0.2, 0.25) is 0 Å². The Kier molecular flexibility index (Phi) is 4.29. The number of alkyl halides is 3. The Balaban J connectivity index is 1.95. The number of halogens is 3. The molecule has 118 valence electrons. The number of aromatic nitrogens is 4. The lowest BCUT2D eigenvalue weighted by atomic mass is 10.2. The topological polar surface area (TPSA) is 77.1 Å². The molecule has 2 aromatic rings. The van der Waals surface area contributed by atoms with E-state index in [2.05, 4.69) is 20.7 Å². The number of hydrazone groups is 1. The van der Waals surface area contributed by atoms with Crippen LogP contribution in [0, 0.1) is 6.92 Å². The number of carbonyl (C=O) groups is 1. The highest BCUT2D eigenvalue weighted by molar-refractivity contribution is 5.95. The maximum absolute atomic E-state index is 12.2. The maximum atomic E-state index is 12.2. The third-order valence-electron chi connectivity index (χ3n) is 2.62. The molecule has 1 N–H and O–H groups in total. The molecule has 0 aromatic carbocycles. The summed E-state index contributed by atoms with van der Waals surface area (Å²) in [5.41, 5.74) is 3.38. The smallest absolute Gasteiger partial charge is 0.275 e. The number of nitrogens with zero attached hydrogens (tertiary/aromatic N) is 5. The van der Waals surface area contributed by atoms with Crippen molar-refractivity contribution in [2.45, 2.75) is 19.6 Å². The number of amides is 1. The third kappa shape index (κ3) is 4.17. The molecule has 0 aliphatic carbocycles. The van der Waals surface area contributed by atoms with Crippen molar-refractivity contribution in [1.82, 2.24) is 25.0 Å². The molecule has 0 saturated heterocycles. The monoisotopic (exact) mass is 314 g/mol. The van der Waals surface area contributed by atoms with Gasteiger partial charge in [-0.3, -0.25) is 14.2 Å². The van der Waals surface area contributed by atoms with Gasteiger partial charge < -0.3 is 0 Å². The largest absolute Gasteiger partial charge is 0.408 e. The zero-order chi connectivity index (χ0) is 16.3. The summed E-state index contributed by atoms with van der Waals surface area (Å²) in [6.07, 6.45) is -0.455. The van der Waals surface area contributed by atoms with Crippen LogP contribution in [0.1, 0.15) is 21.7 Å². The van der Waals surface area contributed by atoms with Gasteiger partial charge in [-0.2, -0.15) is 28.5 Å². The predicted molar refractivity (Wildman–Crippen MR) is 71.3 cm³/mol. The van der Waals surface area contributed by atoms with Gasteiger partial charge in [0.05, 0.1) is 17.5 Å². The second kappa shape index (κ2) is 6.00. The normalized spacial score (nSPS) is 12.0. The third-order valence-corrected chi connectivity index (χ3v) is 2.62. The van der Waals surface area contributed by atoms with E-state index in [1.54, 1.807) is 14.0 Å². The van der Waals surface area contributed by atoms with E-state index in [4.69, 9.17) is 0 Å². The lowest BCUT2D eigenvalue weighted by molar-refractivity contribution is -0.142. The molecule has 0 atom stereocenters. The fourth-order valence-electron chi connectivity index (χ4n) is 1.76. The van der Waals surface area contributed by atoms with Gasteiger partial charge in [-0.05, 0) is 13.0 Å². The Labute approximate surface area is 123 Å². The molecule has 0 aliphatic heterocycles. The molecule has 0 spiro atoms. The van der Waals surface area contributed by atoms with Crippen LogP contribution in [0.4, 0.5) is 13.2 Å². The van der Waals surface area contributed by atoms with Crippen LogP contribution in [-0.4, -0.2) is 37.9 Å². The van der Waals surface area contributed by atoms with Crippen molar-refractivity contribution in [2.75, 3.05) is 0 Å². The fourth-order valence-corrected chi connectivity index (χ4v) is 1.76. The number of hydrogen-bond acceptors (Lipinski definition) is 4. The van der Waals surface area contributed by atoms with E-state index in [9.17, 15) is 18.0 Å². The van der Waals surface area contributed by atoms with E-state index in [1.165, 1.54) is 23.1 Å². The van der Waals surface area contributed by atoms with E-state index < -0.39 is 18.6 Å². The van der Waals surface area contributed by atoms with Crippen LogP contribution < -0.4 is 5.43 Å². The second-order valence-corrected chi connectivity index (χ2v) is 4.55. The Hall–Kier alpha value is -2.65. The standard InChI is InChI=1S/C12H13F3N6O/c1-8-10(6-20(2)18-8)11(22)17-16-5-9-3-4-21(19-9)7-12(13,14)15/h3-6H,7H2,1-2H3,(H,17,22)/b16-5-. The van der Waals surface area contributed by atoms with Gasteiger partial charge in [-0.15, -0.1) is 0 Å². The van der Waals surface area contributed by atoms with E-state index in [0.29, 0.717) is 11.3 Å². The highest BCUT2D eigenvalue weighted by Crippen LogP contribution is 2.16. The number of carbonyl (C=O) groups excluding carboxylic acids is 1. The van der Waals surface area contributed by atoms with Crippen LogP contribution in [0.3, 0.4) is 0 Å². The Bertz CT molecular complexity index is 700. The van der Waals surface area contributed by atoms with Crippen LogP contribution in [0.5, 0.6) is 0 Å². The molecule has 22 heavy (non-hydrogen) atoms.